The van der Waals surface area contributed by atoms with Gasteiger partial charge >= 0.3 is 0 Å². The lowest BCUT2D eigenvalue weighted by Crippen LogP contribution is -2.46. The lowest BCUT2D eigenvalue weighted by atomic mass is 10.0. The number of benzene rings is 2. The number of rotatable bonds is 3. The van der Waals surface area contributed by atoms with Crippen LogP contribution in [0.5, 0.6) is 0 Å². The Balaban J connectivity index is 1.37. The van der Waals surface area contributed by atoms with E-state index in [0.717, 1.165) is 22.7 Å². The Morgan fingerprint density at radius 2 is 1.78 bits per heavy atom. The monoisotopic (exact) mass is 426 g/mol. The van der Waals surface area contributed by atoms with Crippen molar-refractivity contribution in [1.82, 2.24) is 10.2 Å². The average molecular weight is 427 g/mol. The van der Waals surface area contributed by atoms with Crippen LogP contribution in [-0.4, -0.2) is 35.8 Å². The number of halogens is 1. The summed E-state index contributed by atoms with van der Waals surface area (Å²) >= 11 is 3.43. The van der Waals surface area contributed by atoms with Crippen molar-refractivity contribution in [3.8, 4) is 0 Å². The molecule has 1 aliphatic rings. The van der Waals surface area contributed by atoms with Crippen LogP contribution in [0.1, 0.15) is 33.8 Å². The third-order valence-corrected chi connectivity index (χ3v) is 5.34. The molecule has 1 aromatic heterocycles. The number of nitrogens with one attached hydrogen (secondary N) is 1. The highest BCUT2D eigenvalue weighted by Gasteiger charge is 2.26. The summed E-state index contributed by atoms with van der Waals surface area (Å²) in [5.74, 6) is 0.188. The van der Waals surface area contributed by atoms with Gasteiger partial charge in [0.15, 0.2) is 5.76 Å². The number of nitrogens with zero attached hydrogens (tertiary/aromatic N) is 1. The summed E-state index contributed by atoms with van der Waals surface area (Å²) in [7, 11) is 0. The summed E-state index contributed by atoms with van der Waals surface area (Å²) in [5.41, 5.74) is 1.36. The number of carbonyl (C=O) groups excluding carboxylic acids is 2. The summed E-state index contributed by atoms with van der Waals surface area (Å²) < 4.78 is 6.65. The van der Waals surface area contributed by atoms with Gasteiger partial charge < -0.3 is 14.6 Å². The molecule has 1 fully saturated rings. The van der Waals surface area contributed by atoms with Gasteiger partial charge in [0.05, 0.1) is 0 Å². The van der Waals surface area contributed by atoms with Crippen LogP contribution in [0.15, 0.2) is 63.5 Å². The molecule has 0 aliphatic carbocycles. The first-order valence-corrected chi connectivity index (χ1v) is 9.74. The topological polar surface area (TPSA) is 62.6 Å². The van der Waals surface area contributed by atoms with Crippen LogP contribution in [0, 0.1) is 0 Å². The van der Waals surface area contributed by atoms with Crippen molar-refractivity contribution in [3.63, 3.8) is 0 Å². The molecule has 0 spiro atoms. The normalized spacial score (nSPS) is 15.1. The van der Waals surface area contributed by atoms with Gasteiger partial charge in [-0.05, 0) is 49.2 Å². The zero-order chi connectivity index (χ0) is 18.8. The number of hydrogen-bond donors (Lipinski definition) is 1. The molecule has 2 heterocycles. The number of furan rings is 1. The fourth-order valence-electron chi connectivity index (χ4n) is 3.36. The first kappa shape index (κ1) is 17.8. The summed E-state index contributed by atoms with van der Waals surface area (Å²) in [6.07, 6.45) is 1.46. The second-order valence-electron chi connectivity index (χ2n) is 6.70. The minimum absolute atomic E-state index is 0.0664. The predicted octanol–water partition coefficient (Wildman–Crippen LogP) is 4.23. The van der Waals surface area contributed by atoms with Gasteiger partial charge in [-0.1, -0.05) is 34.1 Å². The highest BCUT2D eigenvalue weighted by Crippen LogP contribution is 2.25. The Morgan fingerprint density at radius 1 is 1.04 bits per heavy atom. The smallest absolute Gasteiger partial charge is 0.289 e. The second-order valence-corrected chi connectivity index (χ2v) is 7.61. The number of hydrogen-bond acceptors (Lipinski definition) is 3. The van der Waals surface area contributed by atoms with E-state index in [2.05, 4.69) is 21.2 Å². The van der Waals surface area contributed by atoms with Crippen LogP contribution < -0.4 is 5.32 Å². The summed E-state index contributed by atoms with van der Waals surface area (Å²) in [6.45, 7) is 1.19. The maximum Gasteiger partial charge on any atom is 0.289 e. The molecule has 4 rings (SSSR count). The molecule has 1 aliphatic heterocycles. The number of piperidine rings is 1. The average Bonchev–Trinajstić information content (AvgIpc) is 3.12. The van der Waals surface area contributed by atoms with Crippen molar-refractivity contribution in [1.29, 1.82) is 0 Å². The van der Waals surface area contributed by atoms with E-state index in [1.54, 1.807) is 23.1 Å². The summed E-state index contributed by atoms with van der Waals surface area (Å²) in [5, 5.41) is 3.96. The molecule has 1 N–H and O–H groups in total. The SMILES string of the molecule is O=C(NC1CCN(C(=O)c2cc3cc(Br)ccc3o2)CC1)c1ccccc1. The molecule has 0 saturated carbocycles. The van der Waals surface area contributed by atoms with E-state index in [9.17, 15) is 9.59 Å². The molecule has 2 amide bonds. The van der Waals surface area contributed by atoms with E-state index in [-0.39, 0.29) is 17.9 Å². The lowest BCUT2D eigenvalue weighted by molar-refractivity contribution is 0.0669. The third-order valence-electron chi connectivity index (χ3n) is 4.84. The minimum Gasteiger partial charge on any atom is -0.451 e. The number of fused-ring (bicyclic) bond motifs is 1. The van der Waals surface area contributed by atoms with Gasteiger partial charge in [0.1, 0.15) is 5.58 Å². The van der Waals surface area contributed by atoms with Crippen molar-refractivity contribution in [2.75, 3.05) is 13.1 Å². The molecular formula is C21H19BrN2O3. The molecule has 138 valence electrons. The van der Waals surface area contributed by atoms with E-state index >= 15 is 0 Å². The van der Waals surface area contributed by atoms with Crippen molar-refractivity contribution < 1.29 is 14.0 Å². The molecular weight excluding hydrogens is 408 g/mol. The number of likely N-dealkylation sites (tertiary alicyclic amines) is 1. The molecule has 0 bridgehead atoms. The van der Waals surface area contributed by atoms with E-state index in [1.807, 2.05) is 36.4 Å². The molecule has 5 nitrogen and oxygen atoms in total. The first-order chi connectivity index (χ1) is 13.1. The van der Waals surface area contributed by atoms with E-state index in [1.165, 1.54) is 0 Å². The van der Waals surface area contributed by atoms with Crippen LogP contribution in [0.2, 0.25) is 0 Å². The van der Waals surface area contributed by atoms with Crippen LogP contribution in [0.25, 0.3) is 11.0 Å². The van der Waals surface area contributed by atoms with E-state index in [4.69, 9.17) is 4.42 Å². The Labute approximate surface area is 165 Å². The van der Waals surface area contributed by atoms with Crippen LogP contribution in [0.3, 0.4) is 0 Å². The first-order valence-electron chi connectivity index (χ1n) is 8.94. The Morgan fingerprint density at radius 3 is 2.52 bits per heavy atom. The fourth-order valence-corrected chi connectivity index (χ4v) is 3.74. The second kappa shape index (κ2) is 7.56. The van der Waals surface area contributed by atoms with Crippen molar-refractivity contribution in [3.05, 3.63) is 70.4 Å². The van der Waals surface area contributed by atoms with E-state index in [0.29, 0.717) is 30.0 Å². The van der Waals surface area contributed by atoms with Gasteiger partial charge in [0, 0.05) is 34.6 Å². The molecule has 0 radical (unpaired) electrons. The predicted molar refractivity (Wildman–Crippen MR) is 107 cm³/mol. The van der Waals surface area contributed by atoms with Gasteiger partial charge in [0.2, 0.25) is 0 Å². The van der Waals surface area contributed by atoms with E-state index < -0.39 is 0 Å². The summed E-state index contributed by atoms with van der Waals surface area (Å²) in [4.78, 5) is 26.8. The maximum absolute atomic E-state index is 12.7. The molecule has 27 heavy (non-hydrogen) atoms. The van der Waals surface area contributed by atoms with Crippen molar-refractivity contribution in [2.24, 2.45) is 0 Å². The molecule has 6 heteroatoms. The highest BCUT2D eigenvalue weighted by atomic mass is 79.9. The quantitative estimate of drug-likeness (QED) is 0.681. The van der Waals surface area contributed by atoms with Gasteiger partial charge in [-0.25, -0.2) is 0 Å². The minimum atomic E-state index is -0.102. The lowest BCUT2D eigenvalue weighted by Gasteiger charge is -2.31. The standard InChI is InChI=1S/C21H19BrN2O3/c22-16-6-7-18-15(12-16)13-19(27-18)21(26)24-10-8-17(9-11-24)23-20(25)14-4-2-1-3-5-14/h1-7,12-13,17H,8-11H2,(H,23,25). The molecule has 1 saturated heterocycles. The Hall–Kier alpha value is -2.60. The Bertz CT molecular complexity index is 976. The Kier molecular flexibility index (Phi) is 4.99. The van der Waals surface area contributed by atoms with Gasteiger partial charge in [0.25, 0.3) is 11.8 Å². The summed E-state index contributed by atoms with van der Waals surface area (Å²) in [6, 6.07) is 16.7. The maximum atomic E-state index is 12.7. The largest absolute Gasteiger partial charge is 0.451 e. The molecule has 0 unspecified atom stereocenters. The number of amides is 2. The van der Waals surface area contributed by atoms with Crippen LogP contribution >= 0.6 is 15.9 Å². The highest BCUT2D eigenvalue weighted by molar-refractivity contribution is 9.10. The van der Waals surface area contributed by atoms with Crippen LogP contribution in [-0.2, 0) is 0 Å². The number of carbonyl (C=O) groups is 2. The van der Waals surface area contributed by atoms with Crippen LogP contribution in [0.4, 0.5) is 0 Å². The molecule has 3 aromatic rings. The fraction of sp³-hybridized carbons (Fsp3) is 0.238. The zero-order valence-electron chi connectivity index (χ0n) is 14.7. The molecule has 0 atom stereocenters. The molecule has 2 aromatic carbocycles. The zero-order valence-corrected chi connectivity index (χ0v) is 16.2. The third kappa shape index (κ3) is 3.90. The van der Waals surface area contributed by atoms with Gasteiger partial charge in [-0.3, -0.25) is 9.59 Å². The van der Waals surface area contributed by atoms with Crippen molar-refractivity contribution in [2.45, 2.75) is 18.9 Å². The van der Waals surface area contributed by atoms with Crippen molar-refractivity contribution >= 4 is 38.7 Å². The van der Waals surface area contributed by atoms with Gasteiger partial charge in [-0.15, -0.1) is 0 Å². The van der Waals surface area contributed by atoms with Gasteiger partial charge in [-0.2, -0.15) is 0 Å².